The number of hydrogen-bond acceptors (Lipinski definition) is 6. The number of thiophene rings is 1. The first-order valence-electron chi connectivity index (χ1n) is 12.0. The summed E-state index contributed by atoms with van der Waals surface area (Å²) in [4.78, 5) is 27.0. The molecule has 1 amide bonds. The lowest BCUT2D eigenvalue weighted by atomic mass is 9.83. The zero-order valence-electron chi connectivity index (χ0n) is 20.0. The number of rotatable bonds is 7. The Hall–Kier alpha value is -3.49. The van der Waals surface area contributed by atoms with Crippen LogP contribution >= 0.6 is 11.3 Å². The Bertz CT molecular complexity index is 1470. The number of carbonyl (C=O) groups is 1. The first kappa shape index (κ1) is 24.2. The topological polar surface area (TPSA) is 85.8 Å². The number of amides is 1. The van der Waals surface area contributed by atoms with Crippen molar-refractivity contribution >= 4 is 33.4 Å². The standard InChI is InChI=1S/C28H27FN2O4S/c1-2-5-19(25-20(28(30)33)8-4-9-22(25)29)17-6-3-7-18(14-17)21-16-36-27-23(32)15-24(35-26(21)27)31-10-12-34-13-11-31/h3-4,6-9,14-16,19H,2,5,10-13H2,1H3,(H2,30,33). The maximum absolute atomic E-state index is 15.0. The minimum absolute atomic E-state index is 0.0773. The Kier molecular flexibility index (Phi) is 6.89. The Morgan fingerprint density at radius 2 is 1.94 bits per heavy atom. The van der Waals surface area contributed by atoms with Crippen molar-refractivity contribution in [2.45, 2.75) is 25.7 Å². The third-order valence-corrected chi connectivity index (χ3v) is 7.57. The number of primary amides is 1. The molecule has 1 saturated heterocycles. The van der Waals surface area contributed by atoms with Gasteiger partial charge in [0.05, 0.1) is 13.2 Å². The average molecular weight is 507 g/mol. The van der Waals surface area contributed by atoms with E-state index in [-0.39, 0.29) is 16.9 Å². The van der Waals surface area contributed by atoms with Crippen molar-refractivity contribution in [2.24, 2.45) is 5.73 Å². The monoisotopic (exact) mass is 506 g/mol. The largest absolute Gasteiger partial charge is 0.439 e. The van der Waals surface area contributed by atoms with Crippen molar-refractivity contribution in [1.29, 1.82) is 0 Å². The molecule has 2 aromatic carbocycles. The van der Waals surface area contributed by atoms with Crippen LogP contribution in [0.5, 0.6) is 0 Å². The van der Waals surface area contributed by atoms with E-state index in [1.54, 1.807) is 12.1 Å². The Labute approximate surface area is 212 Å². The van der Waals surface area contributed by atoms with Gasteiger partial charge in [-0.1, -0.05) is 43.7 Å². The van der Waals surface area contributed by atoms with Crippen molar-refractivity contribution in [3.63, 3.8) is 0 Å². The number of hydrogen-bond donors (Lipinski definition) is 1. The highest BCUT2D eigenvalue weighted by atomic mass is 32.1. The highest BCUT2D eigenvalue weighted by Crippen LogP contribution is 2.38. The molecule has 0 spiro atoms. The Morgan fingerprint density at radius 1 is 1.17 bits per heavy atom. The van der Waals surface area contributed by atoms with Gasteiger partial charge in [-0.05, 0) is 29.7 Å². The van der Waals surface area contributed by atoms with Gasteiger partial charge in [0.2, 0.25) is 11.3 Å². The van der Waals surface area contributed by atoms with Gasteiger partial charge in [-0.3, -0.25) is 9.59 Å². The fourth-order valence-electron chi connectivity index (χ4n) is 4.86. The quantitative estimate of drug-likeness (QED) is 0.356. The summed E-state index contributed by atoms with van der Waals surface area (Å²) in [6, 6.07) is 13.8. The molecule has 8 heteroatoms. The van der Waals surface area contributed by atoms with Gasteiger partial charge in [0.25, 0.3) is 0 Å². The van der Waals surface area contributed by atoms with Gasteiger partial charge in [0.1, 0.15) is 10.5 Å². The summed E-state index contributed by atoms with van der Waals surface area (Å²) in [6.45, 7) is 4.51. The molecule has 1 aliphatic heterocycles. The SMILES string of the molecule is CCCC(c1cccc(-c2csc3c(=O)cc(N4CCOCC4)oc23)c1)c1c(F)cccc1C(N)=O. The normalized spacial score (nSPS) is 14.8. The fourth-order valence-corrected chi connectivity index (χ4v) is 5.78. The molecule has 5 rings (SSSR count). The molecular formula is C28H27FN2O4S. The van der Waals surface area contributed by atoms with Crippen LogP contribution in [0.1, 0.15) is 47.2 Å². The number of ether oxygens (including phenoxy) is 1. The number of nitrogens with two attached hydrogens (primary N) is 1. The maximum atomic E-state index is 15.0. The molecule has 4 aromatic rings. The lowest BCUT2D eigenvalue weighted by Crippen LogP contribution is -2.36. The predicted molar refractivity (Wildman–Crippen MR) is 140 cm³/mol. The van der Waals surface area contributed by atoms with E-state index in [0.717, 1.165) is 23.1 Å². The molecule has 2 aromatic heterocycles. The molecule has 0 radical (unpaired) electrons. The molecule has 1 aliphatic rings. The van der Waals surface area contributed by atoms with E-state index in [1.807, 2.05) is 41.5 Å². The van der Waals surface area contributed by atoms with E-state index in [2.05, 4.69) is 0 Å². The van der Waals surface area contributed by atoms with Crippen LogP contribution in [0.15, 0.2) is 63.1 Å². The lowest BCUT2D eigenvalue weighted by Gasteiger charge is -2.27. The summed E-state index contributed by atoms with van der Waals surface area (Å²) in [6.07, 6.45) is 1.44. The van der Waals surface area contributed by atoms with Crippen molar-refractivity contribution < 1.29 is 18.3 Å². The number of nitrogens with zero attached hydrogens (tertiary/aromatic N) is 1. The predicted octanol–water partition coefficient (Wildman–Crippen LogP) is 5.53. The highest BCUT2D eigenvalue weighted by molar-refractivity contribution is 7.17. The summed E-state index contributed by atoms with van der Waals surface area (Å²) in [5.41, 5.74) is 9.11. The second-order valence-electron chi connectivity index (χ2n) is 8.89. The molecule has 0 bridgehead atoms. The zero-order valence-corrected chi connectivity index (χ0v) is 20.8. The van der Waals surface area contributed by atoms with Gasteiger partial charge in [0, 0.05) is 47.1 Å². The molecule has 1 unspecified atom stereocenters. The van der Waals surface area contributed by atoms with Crippen LogP contribution in [-0.2, 0) is 4.74 Å². The second-order valence-corrected chi connectivity index (χ2v) is 9.77. The Balaban J connectivity index is 1.61. The van der Waals surface area contributed by atoms with Gasteiger partial charge in [-0.2, -0.15) is 0 Å². The van der Waals surface area contributed by atoms with Gasteiger partial charge in [-0.15, -0.1) is 11.3 Å². The molecule has 186 valence electrons. The first-order valence-corrected chi connectivity index (χ1v) is 12.9. The highest BCUT2D eigenvalue weighted by Gasteiger charge is 2.24. The van der Waals surface area contributed by atoms with E-state index in [4.69, 9.17) is 14.9 Å². The molecule has 1 fully saturated rings. The number of anilines is 1. The Morgan fingerprint density at radius 3 is 2.69 bits per heavy atom. The van der Waals surface area contributed by atoms with Crippen LogP contribution in [0.25, 0.3) is 21.4 Å². The van der Waals surface area contributed by atoms with Crippen molar-refractivity contribution in [2.75, 3.05) is 31.2 Å². The summed E-state index contributed by atoms with van der Waals surface area (Å²) in [5, 5.41) is 1.92. The van der Waals surface area contributed by atoms with Crippen molar-refractivity contribution in [3.8, 4) is 11.1 Å². The zero-order chi connectivity index (χ0) is 25.2. The van der Waals surface area contributed by atoms with Crippen LogP contribution in [0.2, 0.25) is 0 Å². The van der Waals surface area contributed by atoms with Gasteiger partial charge < -0.3 is 19.8 Å². The second kappa shape index (κ2) is 10.2. The molecule has 1 atom stereocenters. The van der Waals surface area contributed by atoms with Gasteiger partial charge >= 0.3 is 0 Å². The average Bonchev–Trinajstić information content (AvgIpc) is 3.33. The summed E-state index contributed by atoms with van der Waals surface area (Å²) in [5.74, 6) is -0.910. The minimum Gasteiger partial charge on any atom is -0.439 e. The summed E-state index contributed by atoms with van der Waals surface area (Å²) >= 11 is 1.35. The number of carbonyl (C=O) groups excluding carboxylic acids is 1. The molecule has 2 N–H and O–H groups in total. The first-order chi connectivity index (χ1) is 17.5. The molecule has 6 nitrogen and oxygen atoms in total. The smallest absolute Gasteiger partial charge is 0.249 e. The molecule has 0 aliphatic carbocycles. The van der Waals surface area contributed by atoms with Crippen LogP contribution in [0, 0.1) is 5.82 Å². The van der Waals surface area contributed by atoms with Crippen LogP contribution in [0.3, 0.4) is 0 Å². The molecular weight excluding hydrogens is 479 g/mol. The number of fused-ring (bicyclic) bond motifs is 1. The third-order valence-electron chi connectivity index (χ3n) is 6.60. The lowest BCUT2D eigenvalue weighted by molar-refractivity contribution is 0.0998. The number of morpholine rings is 1. The maximum Gasteiger partial charge on any atom is 0.249 e. The van der Waals surface area contributed by atoms with E-state index < -0.39 is 11.7 Å². The number of halogens is 1. The van der Waals surface area contributed by atoms with E-state index >= 15 is 4.39 Å². The molecule has 0 saturated carbocycles. The van der Waals surface area contributed by atoms with E-state index in [1.165, 1.54) is 23.5 Å². The van der Waals surface area contributed by atoms with Crippen molar-refractivity contribution in [1.82, 2.24) is 0 Å². The van der Waals surface area contributed by atoms with E-state index in [9.17, 15) is 9.59 Å². The summed E-state index contributed by atoms with van der Waals surface area (Å²) < 4.78 is 27.3. The van der Waals surface area contributed by atoms with Crippen LogP contribution in [0.4, 0.5) is 10.3 Å². The van der Waals surface area contributed by atoms with Crippen molar-refractivity contribution in [3.05, 3.63) is 86.6 Å². The fraction of sp³-hybridized carbons (Fsp3) is 0.286. The van der Waals surface area contributed by atoms with Gasteiger partial charge in [-0.25, -0.2) is 4.39 Å². The van der Waals surface area contributed by atoms with Gasteiger partial charge in [0.15, 0.2) is 11.5 Å². The molecule has 3 heterocycles. The van der Waals surface area contributed by atoms with Crippen LogP contribution in [-0.4, -0.2) is 32.2 Å². The molecule has 36 heavy (non-hydrogen) atoms. The van der Waals surface area contributed by atoms with Crippen LogP contribution < -0.4 is 16.1 Å². The minimum atomic E-state index is -0.650. The third kappa shape index (κ3) is 4.54. The summed E-state index contributed by atoms with van der Waals surface area (Å²) in [7, 11) is 0. The van der Waals surface area contributed by atoms with E-state index in [0.29, 0.717) is 54.5 Å². The number of benzene rings is 2.